The second kappa shape index (κ2) is 12.7. The topological polar surface area (TPSA) is 151 Å². The lowest BCUT2D eigenvalue weighted by atomic mass is 10.1. The number of rotatable bonds is 9. The molecule has 2 heterocycles. The van der Waals surface area contributed by atoms with Gasteiger partial charge in [-0.15, -0.1) is 0 Å². The fourth-order valence-electron chi connectivity index (χ4n) is 3.88. The SMILES string of the molecule is CCOC(=O)N1CCN(C(=O)[C@H](CCC(=O)O)NC(=O)c2cc(C)nc(-c3cccc(OC)c3)n2)CC1. The maximum absolute atomic E-state index is 13.2. The van der Waals surface area contributed by atoms with Crippen molar-refractivity contribution < 1.29 is 33.8 Å². The number of hydrogen-bond donors (Lipinski definition) is 2. The van der Waals surface area contributed by atoms with Crippen LogP contribution in [0.1, 0.15) is 35.9 Å². The monoisotopic (exact) mass is 513 g/mol. The van der Waals surface area contributed by atoms with Gasteiger partial charge in [0.1, 0.15) is 17.5 Å². The first-order valence-electron chi connectivity index (χ1n) is 11.9. The Morgan fingerprint density at radius 1 is 1.08 bits per heavy atom. The lowest BCUT2D eigenvalue weighted by Gasteiger charge is -2.35. The van der Waals surface area contributed by atoms with Gasteiger partial charge in [0.05, 0.1) is 13.7 Å². The summed E-state index contributed by atoms with van der Waals surface area (Å²) in [6, 6.07) is 7.50. The first kappa shape index (κ1) is 27.4. The first-order chi connectivity index (χ1) is 17.7. The average Bonchev–Trinajstić information content (AvgIpc) is 2.90. The number of carbonyl (C=O) groups is 4. The normalized spacial score (nSPS) is 14.0. The predicted octanol–water partition coefficient (Wildman–Crippen LogP) is 1.72. The third kappa shape index (κ3) is 7.38. The number of nitrogens with zero attached hydrogens (tertiary/aromatic N) is 4. The standard InChI is InChI=1S/C25H31N5O7/c1-4-37-25(35)30-12-10-29(11-13-30)24(34)19(8-9-21(31)32)28-23(33)20-14-16(2)26-22(27-20)17-6-5-7-18(15-17)36-3/h5-7,14-15,19H,4,8-13H2,1-3H3,(H,28,33)(H,31,32)/t19-/m0/s1. The minimum atomic E-state index is -1.09. The van der Waals surface area contributed by atoms with Gasteiger partial charge in [-0.1, -0.05) is 12.1 Å². The third-order valence-electron chi connectivity index (χ3n) is 5.78. The second-order valence-electron chi connectivity index (χ2n) is 8.42. The van der Waals surface area contributed by atoms with E-state index in [2.05, 4.69) is 15.3 Å². The molecule has 37 heavy (non-hydrogen) atoms. The van der Waals surface area contributed by atoms with Gasteiger partial charge in [-0.05, 0) is 38.5 Å². The van der Waals surface area contributed by atoms with Crippen molar-refractivity contribution >= 4 is 23.9 Å². The Morgan fingerprint density at radius 2 is 1.78 bits per heavy atom. The zero-order valence-corrected chi connectivity index (χ0v) is 21.1. The van der Waals surface area contributed by atoms with Crippen LogP contribution in [0.25, 0.3) is 11.4 Å². The zero-order valence-electron chi connectivity index (χ0n) is 21.1. The molecule has 0 spiro atoms. The molecule has 3 rings (SSSR count). The van der Waals surface area contributed by atoms with Gasteiger partial charge in [-0.3, -0.25) is 14.4 Å². The van der Waals surface area contributed by atoms with Gasteiger partial charge in [0.25, 0.3) is 5.91 Å². The van der Waals surface area contributed by atoms with Crippen LogP contribution in [-0.2, 0) is 14.3 Å². The fraction of sp³-hybridized carbons (Fsp3) is 0.440. The van der Waals surface area contributed by atoms with Gasteiger partial charge < -0.3 is 29.7 Å². The van der Waals surface area contributed by atoms with Crippen molar-refractivity contribution in [1.82, 2.24) is 25.1 Å². The van der Waals surface area contributed by atoms with Crippen molar-refractivity contribution in [1.29, 1.82) is 0 Å². The molecule has 0 bridgehead atoms. The summed E-state index contributed by atoms with van der Waals surface area (Å²) in [6.45, 7) is 4.72. The molecule has 1 saturated heterocycles. The Hall–Kier alpha value is -4.22. The van der Waals surface area contributed by atoms with E-state index in [4.69, 9.17) is 14.6 Å². The van der Waals surface area contributed by atoms with Gasteiger partial charge >= 0.3 is 12.1 Å². The Kier molecular flexibility index (Phi) is 9.36. The van der Waals surface area contributed by atoms with E-state index in [1.165, 1.54) is 15.9 Å². The number of carboxylic acids is 1. The largest absolute Gasteiger partial charge is 0.497 e. The Morgan fingerprint density at radius 3 is 2.43 bits per heavy atom. The molecule has 1 fully saturated rings. The molecule has 12 nitrogen and oxygen atoms in total. The van der Waals surface area contributed by atoms with Crippen LogP contribution in [0.5, 0.6) is 5.75 Å². The highest BCUT2D eigenvalue weighted by atomic mass is 16.6. The molecule has 0 aliphatic carbocycles. The second-order valence-corrected chi connectivity index (χ2v) is 8.42. The number of benzene rings is 1. The van der Waals surface area contributed by atoms with Crippen LogP contribution in [0.4, 0.5) is 4.79 Å². The van der Waals surface area contributed by atoms with Gasteiger partial charge in [0.2, 0.25) is 5.91 Å². The summed E-state index contributed by atoms with van der Waals surface area (Å²) >= 11 is 0. The van der Waals surface area contributed by atoms with Crippen LogP contribution < -0.4 is 10.1 Å². The maximum atomic E-state index is 13.2. The number of carboxylic acid groups (broad SMARTS) is 1. The molecule has 1 aromatic carbocycles. The number of nitrogens with one attached hydrogen (secondary N) is 1. The van der Waals surface area contributed by atoms with E-state index in [0.29, 0.717) is 22.8 Å². The molecular formula is C25H31N5O7. The molecular weight excluding hydrogens is 482 g/mol. The highest BCUT2D eigenvalue weighted by molar-refractivity contribution is 5.96. The number of aryl methyl sites for hydroxylation is 1. The van der Waals surface area contributed by atoms with Crippen molar-refractivity contribution in [2.24, 2.45) is 0 Å². The van der Waals surface area contributed by atoms with E-state index in [0.717, 1.165) is 0 Å². The molecule has 2 aromatic rings. The molecule has 2 N–H and O–H groups in total. The van der Waals surface area contributed by atoms with Crippen molar-refractivity contribution in [3.8, 4) is 17.1 Å². The lowest BCUT2D eigenvalue weighted by molar-refractivity contribution is -0.138. The highest BCUT2D eigenvalue weighted by Gasteiger charge is 2.31. The summed E-state index contributed by atoms with van der Waals surface area (Å²) in [5.41, 5.74) is 1.24. The molecule has 0 radical (unpaired) electrons. The summed E-state index contributed by atoms with van der Waals surface area (Å²) in [6.07, 6.45) is -0.849. The predicted molar refractivity (Wildman–Crippen MR) is 132 cm³/mol. The Balaban J connectivity index is 1.76. The summed E-state index contributed by atoms with van der Waals surface area (Å²) in [7, 11) is 1.54. The van der Waals surface area contributed by atoms with Crippen LogP contribution in [0, 0.1) is 6.92 Å². The molecule has 3 amide bonds. The summed E-state index contributed by atoms with van der Waals surface area (Å²) in [5, 5.41) is 11.8. The van der Waals surface area contributed by atoms with Gasteiger partial charge in [0.15, 0.2) is 5.82 Å². The molecule has 0 saturated carbocycles. The molecule has 1 aliphatic heterocycles. The molecule has 198 valence electrons. The number of carbonyl (C=O) groups excluding carboxylic acids is 3. The number of piperazine rings is 1. The Labute approximate surface area is 214 Å². The molecule has 1 aromatic heterocycles. The van der Waals surface area contributed by atoms with E-state index in [1.807, 2.05) is 0 Å². The first-order valence-corrected chi connectivity index (χ1v) is 11.9. The zero-order chi connectivity index (χ0) is 26.9. The molecule has 1 atom stereocenters. The van der Waals surface area contributed by atoms with E-state index in [-0.39, 0.29) is 51.3 Å². The highest BCUT2D eigenvalue weighted by Crippen LogP contribution is 2.21. The summed E-state index contributed by atoms with van der Waals surface area (Å²) < 4.78 is 10.2. The summed E-state index contributed by atoms with van der Waals surface area (Å²) in [5.74, 6) is -1.21. The van der Waals surface area contributed by atoms with Crippen molar-refractivity contribution in [2.75, 3.05) is 39.9 Å². The molecule has 0 unspecified atom stereocenters. The van der Waals surface area contributed by atoms with Crippen LogP contribution in [0.15, 0.2) is 30.3 Å². The van der Waals surface area contributed by atoms with Crippen LogP contribution in [0.2, 0.25) is 0 Å². The average molecular weight is 514 g/mol. The molecule has 12 heteroatoms. The van der Waals surface area contributed by atoms with E-state index >= 15 is 0 Å². The van der Waals surface area contributed by atoms with Crippen LogP contribution in [0.3, 0.4) is 0 Å². The molecule has 1 aliphatic rings. The quantitative estimate of drug-likeness (QED) is 0.511. The maximum Gasteiger partial charge on any atom is 0.409 e. The van der Waals surface area contributed by atoms with Gasteiger partial charge in [-0.2, -0.15) is 0 Å². The van der Waals surface area contributed by atoms with Crippen LogP contribution >= 0.6 is 0 Å². The van der Waals surface area contributed by atoms with Crippen molar-refractivity contribution in [3.05, 3.63) is 41.7 Å². The minimum absolute atomic E-state index is 0.0468. The van der Waals surface area contributed by atoms with E-state index < -0.39 is 29.9 Å². The number of aliphatic carboxylic acids is 1. The number of ether oxygens (including phenoxy) is 2. The van der Waals surface area contributed by atoms with Crippen LogP contribution in [-0.4, -0.2) is 94.7 Å². The minimum Gasteiger partial charge on any atom is -0.497 e. The number of hydrogen-bond acceptors (Lipinski definition) is 8. The van der Waals surface area contributed by atoms with Crippen molar-refractivity contribution in [3.63, 3.8) is 0 Å². The number of aromatic nitrogens is 2. The van der Waals surface area contributed by atoms with Crippen molar-refractivity contribution in [2.45, 2.75) is 32.7 Å². The fourth-order valence-corrected chi connectivity index (χ4v) is 3.88. The van der Waals surface area contributed by atoms with E-state index in [9.17, 15) is 19.2 Å². The third-order valence-corrected chi connectivity index (χ3v) is 5.78. The smallest absolute Gasteiger partial charge is 0.409 e. The Bertz CT molecular complexity index is 1150. The summed E-state index contributed by atoms with van der Waals surface area (Å²) in [4.78, 5) is 61.3. The number of methoxy groups -OCH3 is 1. The van der Waals surface area contributed by atoms with E-state index in [1.54, 1.807) is 45.2 Å². The van der Waals surface area contributed by atoms with Gasteiger partial charge in [0, 0.05) is 43.9 Å². The number of amides is 3. The lowest BCUT2D eigenvalue weighted by Crippen LogP contribution is -2.56. The van der Waals surface area contributed by atoms with Gasteiger partial charge in [-0.25, -0.2) is 14.8 Å².